The van der Waals surface area contributed by atoms with Crippen molar-refractivity contribution in [3.63, 3.8) is 0 Å². The number of urea groups is 1. The molecule has 1 aliphatic carbocycles. The van der Waals surface area contributed by atoms with E-state index in [9.17, 15) is 4.79 Å². The number of anilines is 3. The second-order valence-corrected chi connectivity index (χ2v) is 12.2. The van der Waals surface area contributed by atoms with E-state index in [1.54, 1.807) is 9.91 Å². The number of fused-ring (bicyclic) bond motifs is 1. The van der Waals surface area contributed by atoms with Crippen LogP contribution in [0.25, 0.3) is 0 Å². The maximum atomic E-state index is 14.0. The van der Waals surface area contributed by atoms with Crippen molar-refractivity contribution in [1.29, 1.82) is 0 Å². The van der Waals surface area contributed by atoms with Crippen molar-refractivity contribution in [1.82, 2.24) is 20.2 Å². The van der Waals surface area contributed by atoms with Gasteiger partial charge >= 0.3 is 6.03 Å². The molecule has 3 aliphatic rings. The summed E-state index contributed by atoms with van der Waals surface area (Å²) in [4.78, 5) is 23.0. The Balaban J connectivity index is 1.30. The number of aryl methyl sites for hydroxylation is 1. The van der Waals surface area contributed by atoms with Crippen molar-refractivity contribution in [3.05, 3.63) is 47.7 Å². The van der Waals surface area contributed by atoms with E-state index in [0.29, 0.717) is 11.7 Å². The fourth-order valence-corrected chi connectivity index (χ4v) is 6.19. The molecule has 1 aromatic carbocycles. The molecule has 8 heteroatoms. The Kier molecular flexibility index (Phi) is 9.37. The fraction of sp³-hybridized carbons (Fsp3) is 0.594. The van der Waals surface area contributed by atoms with Gasteiger partial charge < -0.3 is 15.5 Å². The van der Waals surface area contributed by atoms with Gasteiger partial charge in [0.05, 0.1) is 29.3 Å². The molecule has 216 valence electrons. The molecule has 2 fully saturated rings. The number of nitrogens with one attached hydrogen (secondary N) is 2. The number of amides is 2. The van der Waals surface area contributed by atoms with Crippen molar-refractivity contribution in [2.45, 2.75) is 71.8 Å². The van der Waals surface area contributed by atoms with Crippen molar-refractivity contribution in [2.75, 3.05) is 50.0 Å². The van der Waals surface area contributed by atoms with E-state index in [0.717, 1.165) is 66.6 Å². The fourth-order valence-electron chi connectivity index (χ4n) is 6.19. The van der Waals surface area contributed by atoms with Gasteiger partial charge in [-0.3, -0.25) is 0 Å². The van der Waals surface area contributed by atoms with Crippen LogP contribution in [0.2, 0.25) is 0 Å². The highest BCUT2D eigenvalue weighted by Gasteiger charge is 2.35. The van der Waals surface area contributed by atoms with E-state index in [1.165, 1.54) is 45.2 Å². The molecule has 8 nitrogen and oxygen atoms in total. The number of aromatic nitrogens is 1. The Morgan fingerprint density at radius 1 is 1.00 bits per heavy atom. The summed E-state index contributed by atoms with van der Waals surface area (Å²) < 4.78 is 0. The second-order valence-electron chi connectivity index (χ2n) is 12.2. The summed E-state index contributed by atoms with van der Waals surface area (Å²) in [5.74, 6) is 1.77. The van der Waals surface area contributed by atoms with Crippen molar-refractivity contribution in [3.8, 4) is 0 Å². The number of benzene rings is 1. The second kappa shape index (κ2) is 13.1. The number of likely N-dealkylation sites (tertiary alicyclic amines) is 1. The van der Waals surface area contributed by atoms with Crippen molar-refractivity contribution >= 4 is 28.9 Å². The molecule has 0 bridgehead atoms. The molecule has 0 atom stereocenters. The molecular weight excluding hydrogens is 498 g/mol. The lowest BCUT2D eigenvalue weighted by Crippen LogP contribution is -2.41. The summed E-state index contributed by atoms with van der Waals surface area (Å²) in [5.41, 5.74) is 5.04. The van der Waals surface area contributed by atoms with Crippen LogP contribution in [0.3, 0.4) is 0 Å². The number of hydrogen-bond donors (Lipinski definition) is 2. The monoisotopic (exact) mass is 545 g/mol. The first kappa shape index (κ1) is 28.6. The minimum atomic E-state index is -0.154. The third-order valence-electron chi connectivity index (χ3n) is 8.63. The Hall–Kier alpha value is -2.97. The highest BCUT2D eigenvalue weighted by molar-refractivity contribution is 6.13. The summed E-state index contributed by atoms with van der Waals surface area (Å²) >= 11 is 0. The number of carbonyl (C=O) groups is 1. The molecule has 0 unspecified atom stereocenters. The predicted octanol–water partition coefficient (Wildman–Crippen LogP) is 6.00. The Morgan fingerprint density at radius 2 is 1.77 bits per heavy atom. The van der Waals surface area contributed by atoms with Crippen LogP contribution < -0.4 is 15.5 Å². The lowest BCUT2D eigenvalue weighted by molar-refractivity contribution is 0.195. The standard InChI is InChI=1S/C32H47N7O/c1-23(2)39-32(40)38(29-20-24(3)10-12-28(29)31(36-39)26-8-6-5-7-9-26)30-13-11-27(22-35-30)34-17-16-33-21-25-14-18-37(4)19-15-25/h10-13,20,22-23,25-26,33-34H,5-9,14-19,21H2,1-4H3. The molecule has 1 saturated heterocycles. The van der Waals surface area contributed by atoms with Crippen LogP contribution in [-0.2, 0) is 0 Å². The van der Waals surface area contributed by atoms with Gasteiger partial charge in [0.25, 0.3) is 0 Å². The first-order chi connectivity index (χ1) is 19.4. The number of rotatable bonds is 9. The van der Waals surface area contributed by atoms with E-state index in [1.807, 2.05) is 32.2 Å². The van der Waals surface area contributed by atoms with Gasteiger partial charge in [-0.05, 0) is 103 Å². The highest BCUT2D eigenvalue weighted by Crippen LogP contribution is 2.38. The Labute approximate surface area is 240 Å². The van der Waals surface area contributed by atoms with Gasteiger partial charge in [-0.2, -0.15) is 5.10 Å². The molecule has 1 aromatic heterocycles. The molecule has 2 N–H and O–H groups in total. The zero-order valence-corrected chi connectivity index (χ0v) is 24.8. The van der Waals surface area contributed by atoms with Crippen LogP contribution in [0.15, 0.2) is 41.6 Å². The maximum absolute atomic E-state index is 14.0. The molecule has 1 saturated carbocycles. The molecule has 2 amide bonds. The smallest absolute Gasteiger partial charge is 0.350 e. The topological polar surface area (TPSA) is 76.1 Å². The Morgan fingerprint density at radius 3 is 2.48 bits per heavy atom. The van der Waals surface area contributed by atoms with Crippen LogP contribution >= 0.6 is 0 Å². The molecule has 0 radical (unpaired) electrons. The molecule has 40 heavy (non-hydrogen) atoms. The number of piperidine rings is 1. The SMILES string of the molecule is Cc1ccc2c(c1)N(c1ccc(NCCNCC3CCN(C)CC3)cn1)C(=O)N(C(C)C)N=C2C1CCCCC1. The average Bonchev–Trinajstić information content (AvgIpc) is 3.08. The summed E-state index contributed by atoms with van der Waals surface area (Å²) in [7, 11) is 2.21. The average molecular weight is 546 g/mol. The number of nitrogens with zero attached hydrogens (tertiary/aromatic N) is 5. The molecule has 2 aliphatic heterocycles. The van der Waals surface area contributed by atoms with Gasteiger partial charge in [-0.15, -0.1) is 0 Å². The number of carbonyl (C=O) groups excluding carboxylic acids is 1. The van der Waals surface area contributed by atoms with Gasteiger partial charge in [-0.25, -0.2) is 19.7 Å². The molecule has 3 heterocycles. The van der Waals surface area contributed by atoms with Gasteiger partial charge in [0, 0.05) is 24.6 Å². The van der Waals surface area contributed by atoms with E-state index in [2.05, 4.69) is 47.7 Å². The third kappa shape index (κ3) is 6.66. The number of hydrogen-bond acceptors (Lipinski definition) is 6. The van der Waals surface area contributed by atoms with Crippen molar-refractivity contribution < 1.29 is 4.79 Å². The predicted molar refractivity (Wildman–Crippen MR) is 165 cm³/mol. The highest BCUT2D eigenvalue weighted by atomic mass is 16.2. The van der Waals surface area contributed by atoms with Crippen LogP contribution in [0, 0.1) is 18.8 Å². The maximum Gasteiger partial charge on any atom is 0.350 e. The lowest BCUT2D eigenvalue weighted by Gasteiger charge is -2.29. The summed E-state index contributed by atoms with van der Waals surface area (Å²) in [5, 5.41) is 13.8. The molecule has 0 spiro atoms. The minimum absolute atomic E-state index is 0.0630. The van der Waals surface area contributed by atoms with E-state index in [-0.39, 0.29) is 12.1 Å². The van der Waals surface area contributed by atoms with Gasteiger partial charge in [0.15, 0.2) is 0 Å². The van der Waals surface area contributed by atoms with Gasteiger partial charge in [0.1, 0.15) is 5.82 Å². The first-order valence-corrected chi connectivity index (χ1v) is 15.3. The van der Waals surface area contributed by atoms with Crippen LogP contribution in [0.1, 0.15) is 69.9 Å². The number of pyridine rings is 1. The van der Waals surface area contributed by atoms with Crippen molar-refractivity contribution in [2.24, 2.45) is 16.9 Å². The summed E-state index contributed by atoms with van der Waals surface area (Å²) in [6, 6.07) is 10.1. The van der Waals surface area contributed by atoms with Crippen LogP contribution in [-0.4, -0.2) is 72.4 Å². The summed E-state index contributed by atoms with van der Waals surface area (Å²) in [6.45, 7) is 11.4. The van der Waals surface area contributed by atoms with Crippen LogP contribution in [0.4, 0.5) is 22.0 Å². The number of hydrazone groups is 1. The lowest BCUT2D eigenvalue weighted by atomic mass is 9.82. The van der Waals surface area contributed by atoms with E-state index in [4.69, 9.17) is 10.1 Å². The minimum Gasteiger partial charge on any atom is -0.383 e. The van der Waals surface area contributed by atoms with Gasteiger partial charge in [0.2, 0.25) is 0 Å². The van der Waals surface area contributed by atoms with E-state index < -0.39 is 0 Å². The van der Waals surface area contributed by atoms with Crippen LogP contribution in [0.5, 0.6) is 0 Å². The molecular formula is C32H47N7O. The van der Waals surface area contributed by atoms with Gasteiger partial charge in [-0.1, -0.05) is 31.4 Å². The summed E-state index contributed by atoms with van der Waals surface area (Å²) in [6.07, 6.45) is 10.4. The van der Waals surface area contributed by atoms with E-state index >= 15 is 0 Å². The first-order valence-electron chi connectivity index (χ1n) is 15.3. The molecule has 2 aromatic rings. The Bertz CT molecular complexity index is 1160. The third-order valence-corrected chi connectivity index (χ3v) is 8.63. The zero-order chi connectivity index (χ0) is 28.1. The normalized spacial score (nSPS) is 19.5. The molecule has 5 rings (SSSR count). The zero-order valence-electron chi connectivity index (χ0n) is 24.8. The largest absolute Gasteiger partial charge is 0.383 e. The quantitative estimate of drug-likeness (QED) is 0.378.